The Balaban J connectivity index is -0.000000252. The molecule has 2 aliphatic carbocycles. The van der Waals surface area contributed by atoms with Crippen molar-refractivity contribution in [2.75, 3.05) is 14.1 Å². The van der Waals surface area contributed by atoms with Gasteiger partial charge in [-0.1, -0.05) is 86.6 Å². The number of aromatic nitrogens is 4. The van der Waals surface area contributed by atoms with Crippen molar-refractivity contribution in [2.45, 2.75) is 108 Å². The first kappa shape index (κ1) is 53.1. The van der Waals surface area contributed by atoms with Crippen molar-refractivity contribution in [1.29, 1.82) is 0 Å². The van der Waals surface area contributed by atoms with Crippen LogP contribution in [-0.4, -0.2) is 49.8 Å². The van der Waals surface area contributed by atoms with E-state index in [2.05, 4.69) is 9.97 Å². The Kier molecular flexibility index (Phi) is 38.2. The van der Waals surface area contributed by atoms with Crippen molar-refractivity contribution in [1.82, 2.24) is 24.0 Å². The van der Waals surface area contributed by atoms with Crippen LogP contribution in [0.4, 0.5) is 0 Å². The second kappa shape index (κ2) is 36.6. The Morgan fingerprint density at radius 2 is 1.02 bits per heavy atom. The van der Waals surface area contributed by atoms with E-state index in [4.69, 9.17) is 0 Å². The maximum absolute atomic E-state index is 11.1. The van der Waals surface area contributed by atoms with E-state index in [9.17, 15) is 19.2 Å². The molecular weight excluding hydrogens is 638 g/mol. The van der Waals surface area contributed by atoms with E-state index in [1.807, 2.05) is 117 Å². The number of carbonyl (C=O) groups excluding carboxylic acids is 2. The summed E-state index contributed by atoms with van der Waals surface area (Å²) in [6.45, 7) is 21.2. The minimum atomic E-state index is 0.0347. The molecule has 0 saturated heterocycles. The van der Waals surface area contributed by atoms with E-state index in [0.29, 0.717) is 11.8 Å². The van der Waals surface area contributed by atoms with Crippen LogP contribution in [0.2, 0.25) is 0 Å². The lowest BCUT2D eigenvalue weighted by Crippen LogP contribution is -2.17. The molecule has 2 saturated carbocycles. The fraction of sp³-hybridized carbons (Fsp3) is 0.476. The zero-order valence-corrected chi connectivity index (χ0v) is 34.2. The van der Waals surface area contributed by atoms with Gasteiger partial charge < -0.3 is 14.0 Å². The fourth-order valence-electron chi connectivity index (χ4n) is 2.77. The van der Waals surface area contributed by atoms with Gasteiger partial charge in [-0.2, -0.15) is 0 Å². The van der Waals surface area contributed by atoms with Crippen molar-refractivity contribution in [3.05, 3.63) is 131 Å². The minimum absolute atomic E-state index is 0.0347. The summed E-state index contributed by atoms with van der Waals surface area (Å²) in [6.07, 6.45) is 15.2. The Morgan fingerprint density at radius 3 is 1.20 bits per heavy atom. The molecule has 0 unspecified atom stereocenters. The predicted octanol–water partition coefficient (Wildman–Crippen LogP) is 9.31. The molecule has 2 fully saturated rings. The molecule has 0 atom stereocenters. The quantitative estimate of drug-likeness (QED) is 0.206. The van der Waals surface area contributed by atoms with E-state index in [1.165, 1.54) is 35.3 Å². The minimum Gasteiger partial charge on any atom is -0.349 e. The average molecular weight is 708 g/mol. The maximum atomic E-state index is 11.1. The number of Topliss-reactive ketones (excluding diaryl/α,β-unsaturated/α-hetero) is 1. The summed E-state index contributed by atoms with van der Waals surface area (Å²) >= 11 is 0. The van der Waals surface area contributed by atoms with Crippen LogP contribution >= 0.6 is 0 Å². The maximum Gasteiger partial charge on any atom is 0.250 e. The first-order valence-electron chi connectivity index (χ1n) is 18.2. The number of hydrogen-bond donors (Lipinski definition) is 0. The molecule has 4 aromatic heterocycles. The molecule has 9 nitrogen and oxygen atoms in total. The molecular formula is C42H69N5O4. The first-order valence-corrected chi connectivity index (χ1v) is 18.2. The van der Waals surface area contributed by atoms with Crippen molar-refractivity contribution in [3.8, 4) is 0 Å². The molecule has 286 valence electrons. The van der Waals surface area contributed by atoms with Crippen LogP contribution in [0.3, 0.4) is 0 Å². The zero-order chi connectivity index (χ0) is 40.1. The number of pyridine rings is 4. The Labute approximate surface area is 309 Å². The van der Waals surface area contributed by atoms with Gasteiger partial charge in [-0.25, -0.2) is 0 Å². The third-order valence-electron chi connectivity index (χ3n) is 6.41. The molecule has 0 radical (unpaired) electrons. The molecule has 0 aliphatic heterocycles. The number of carbonyl (C=O) groups is 2. The highest BCUT2D eigenvalue weighted by molar-refractivity contribution is 5.84. The lowest BCUT2D eigenvalue weighted by Gasteiger charge is -2.02. The molecule has 6 rings (SSSR count). The Bertz CT molecular complexity index is 1350. The highest BCUT2D eigenvalue weighted by atomic mass is 16.2. The fourth-order valence-corrected chi connectivity index (χ4v) is 2.77. The summed E-state index contributed by atoms with van der Waals surface area (Å²) in [5.41, 5.74) is 0.275. The normalized spacial score (nSPS) is 11.4. The van der Waals surface area contributed by atoms with Crippen LogP contribution in [0.15, 0.2) is 120 Å². The van der Waals surface area contributed by atoms with Gasteiger partial charge in [0.1, 0.15) is 5.78 Å². The van der Waals surface area contributed by atoms with Gasteiger partial charge in [-0.15, -0.1) is 0 Å². The highest BCUT2D eigenvalue weighted by Gasteiger charge is 2.41. The average Bonchev–Trinajstić information content (AvgIpc) is 4.14. The summed E-state index contributed by atoms with van der Waals surface area (Å²) < 4.78 is 3.33. The van der Waals surface area contributed by atoms with Crippen LogP contribution in [-0.2, 0) is 16.6 Å². The van der Waals surface area contributed by atoms with E-state index in [0.717, 1.165) is 12.8 Å². The Morgan fingerprint density at radius 1 is 0.647 bits per heavy atom. The van der Waals surface area contributed by atoms with E-state index in [1.54, 1.807) is 81.8 Å². The smallest absolute Gasteiger partial charge is 0.250 e. The van der Waals surface area contributed by atoms with Crippen LogP contribution in [0.25, 0.3) is 0 Å². The first-order chi connectivity index (χ1) is 24.5. The topological polar surface area (TPSA) is 107 Å². The van der Waals surface area contributed by atoms with Gasteiger partial charge in [-0.05, 0) is 69.0 Å². The van der Waals surface area contributed by atoms with Crippen LogP contribution in [0.1, 0.15) is 108 Å². The van der Waals surface area contributed by atoms with E-state index in [-0.39, 0.29) is 22.4 Å². The number of nitrogens with zero attached hydrogens (tertiary/aromatic N) is 5. The number of amides is 1. The van der Waals surface area contributed by atoms with Gasteiger partial charge in [0.25, 0.3) is 5.56 Å². The molecule has 0 spiro atoms. The molecule has 0 bridgehead atoms. The van der Waals surface area contributed by atoms with Gasteiger partial charge in [-0.3, -0.25) is 29.1 Å². The largest absolute Gasteiger partial charge is 0.349 e. The van der Waals surface area contributed by atoms with E-state index < -0.39 is 0 Å². The van der Waals surface area contributed by atoms with Crippen molar-refractivity contribution in [3.63, 3.8) is 0 Å². The summed E-state index contributed by atoms with van der Waals surface area (Å²) in [4.78, 5) is 51.3. The molecule has 4 aromatic rings. The monoisotopic (exact) mass is 708 g/mol. The van der Waals surface area contributed by atoms with Crippen molar-refractivity contribution < 1.29 is 9.59 Å². The molecule has 9 heteroatoms. The summed E-state index contributed by atoms with van der Waals surface area (Å²) in [5, 5.41) is 0. The molecule has 0 N–H and O–H groups in total. The van der Waals surface area contributed by atoms with Gasteiger partial charge in [0.05, 0.1) is 0 Å². The lowest BCUT2D eigenvalue weighted by molar-refractivity contribution is -0.126. The van der Waals surface area contributed by atoms with Gasteiger partial charge >= 0.3 is 0 Å². The van der Waals surface area contributed by atoms with Crippen LogP contribution in [0.5, 0.6) is 0 Å². The van der Waals surface area contributed by atoms with Gasteiger partial charge in [0, 0.05) is 88.8 Å². The Hall–Kier alpha value is -4.66. The van der Waals surface area contributed by atoms with Gasteiger partial charge in [0.15, 0.2) is 0 Å². The second-order valence-corrected chi connectivity index (χ2v) is 10.4. The molecule has 1 amide bonds. The summed E-state index contributed by atoms with van der Waals surface area (Å²) in [7, 11) is 5.17. The van der Waals surface area contributed by atoms with Crippen molar-refractivity contribution in [2.24, 2.45) is 12.5 Å². The predicted molar refractivity (Wildman–Crippen MR) is 217 cm³/mol. The summed E-state index contributed by atoms with van der Waals surface area (Å²) in [5.74, 6) is 0.447. The number of ketones is 1. The summed E-state index contributed by atoms with van der Waals surface area (Å²) in [6, 6.07) is 22.3. The second-order valence-electron chi connectivity index (χ2n) is 10.4. The zero-order valence-electron chi connectivity index (χ0n) is 34.2. The molecule has 4 heterocycles. The third kappa shape index (κ3) is 32.3. The third-order valence-corrected chi connectivity index (χ3v) is 6.41. The molecule has 2 aliphatic rings. The SMILES string of the molecule is CC.CC.CC.CC.CC(=O)C1(C)CC1.CC(=O)N(C)C.Cn1ccccc1=O.O=c1ccccn1C1CC1.c1ccncc1.c1ccncc1. The van der Waals surface area contributed by atoms with Gasteiger partial charge in [0.2, 0.25) is 11.5 Å². The molecule has 51 heavy (non-hydrogen) atoms. The highest BCUT2D eigenvalue weighted by Crippen LogP contribution is 2.45. The lowest BCUT2D eigenvalue weighted by atomic mass is 10.1. The standard InChI is InChI=1S/C8H9NO.C6H7NO.C6H10O.2C5H5N.C4H9NO.4C2H6/c10-8-3-1-2-6-9(8)7-4-5-7;1-7-5-3-2-4-6(7)8;1-5(7)6(2)3-4-6;2*1-2-4-6-5-3-1;1-4(6)5(2)3;4*1-2/h1-3,6-7H,4-5H2;2-5H,1H3;3-4H2,1-2H3;2*1-5H;1-3H3;4*1-2H3. The number of hydrogen-bond acceptors (Lipinski definition) is 6. The van der Waals surface area contributed by atoms with E-state index >= 15 is 0 Å². The number of rotatable bonds is 2. The molecule has 0 aromatic carbocycles. The van der Waals surface area contributed by atoms with Crippen LogP contribution < -0.4 is 11.1 Å². The number of aryl methyl sites for hydroxylation is 1. The van der Waals surface area contributed by atoms with Crippen LogP contribution in [0, 0.1) is 5.41 Å². The van der Waals surface area contributed by atoms with Crippen molar-refractivity contribution >= 4 is 11.7 Å².